The Kier molecular flexibility index (Phi) is 9.94. The van der Waals surface area contributed by atoms with Crippen molar-refractivity contribution in [3.63, 3.8) is 0 Å². The van der Waals surface area contributed by atoms with Gasteiger partial charge in [0.2, 0.25) is 5.79 Å². The summed E-state index contributed by atoms with van der Waals surface area (Å²) in [5.74, 6) is -0.346. The van der Waals surface area contributed by atoms with E-state index >= 15 is 4.39 Å². The molecule has 51 heavy (non-hydrogen) atoms. The topological polar surface area (TPSA) is 151 Å². The van der Waals surface area contributed by atoms with Gasteiger partial charge in [-0.2, -0.15) is 5.10 Å². The first-order valence-corrected chi connectivity index (χ1v) is 17.1. The molecule has 18 heteroatoms. The van der Waals surface area contributed by atoms with Crippen molar-refractivity contribution in [1.29, 1.82) is 0 Å². The molecule has 2 unspecified atom stereocenters. The summed E-state index contributed by atoms with van der Waals surface area (Å²) in [6.07, 6.45) is 3.27. The summed E-state index contributed by atoms with van der Waals surface area (Å²) in [5.41, 5.74) is 0.956. The van der Waals surface area contributed by atoms with Crippen molar-refractivity contribution in [2.24, 2.45) is 0 Å². The number of halogens is 3. The second-order valence-corrected chi connectivity index (χ2v) is 13.3. The molecule has 5 aromatic rings. The van der Waals surface area contributed by atoms with E-state index in [4.69, 9.17) is 37.4 Å². The van der Waals surface area contributed by atoms with Crippen LogP contribution in [0.5, 0.6) is 5.75 Å². The van der Waals surface area contributed by atoms with Crippen LogP contribution in [0.3, 0.4) is 0 Å². The Morgan fingerprint density at radius 2 is 1.86 bits per heavy atom. The molecule has 2 aliphatic heterocycles. The van der Waals surface area contributed by atoms with Crippen LogP contribution in [0.4, 0.5) is 15.9 Å². The fourth-order valence-corrected chi connectivity index (χ4v) is 6.66. The van der Waals surface area contributed by atoms with Crippen LogP contribution in [0.15, 0.2) is 72.2 Å². The third-order valence-corrected chi connectivity index (χ3v) is 9.60. The number of rotatable bonds is 11. The number of tetrazole rings is 1. The highest BCUT2D eigenvalue weighted by Gasteiger charge is 2.46. The SMILES string of the molecule is CC(O)C(C)n1ncn(-c2ccc(N3CCN(c4ccc(OC[C@@H]5CO[C@@](Cn6cnnn6)(c6ccc(Cl)cc6Cl)O5)cn4)CC3)c(F)c2)c1=O. The monoisotopic (exact) mass is 740 g/mol. The lowest BCUT2D eigenvalue weighted by Crippen LogP contribution is -2.47. The van der Waals surface area contributed by atoms with Crippen LogP contribution >= 0.6 is 23.2 Å². The van der Waals surface area contributed by atoms with Crippen molar-refractivity contribution in [2.45, 2.75) is 44.4 Å². The average molecular weight is 742 g/mol. The number of piperazine rings is 1. The number of nitrogens with zero attached hydrogens (tertiary/aromatic N) is 10. The number of hydrogen-bond acceptors (Lipinski definition) is 12. The maximum atomic E-state index is 15.3. The normalized spacial score (nSPS) is 20.5. The maximum Gasteiger partial charge on any atom is 0.350 e. The highest BCUT2D eigenvalue weighted by atomic mass is 35.5. The molecule has 4 atom stereocenters. The van der Waals surface area contributed by atoms with Gasteiger partial charge in [0.25, 0.3) is 0 Å². The number of anilines is 2. The van der Waals surface area contributed by atoms with Crippen molar-refractivity contribution in [3.8, 4) is 11.4 Å². The Morgan fingerprint density at radius 1 is 1.06 bits per heavy atom. The van der Waals surface area contributed by atoms with E-state index in [0.717, 1.165) is 5.82 Å². The summed E-state index contributed by atoms with van der Waals surface area (Å²) in [6, 6.07) is 13.0. The fourth-order valence-electron chi connectivity index (χ4n) is 6.11. The zero-order valence-corrected chi connectivity index (χ0v) is 29.2. The number of aliphatic hydroxyl groups excluding tert-OH is 1. The molecule has 2 aliphatic rings. The molecule has 2 saturated heterocycles. The highest BCUT2D eigenvalue weighted by Crippen LogP contribution is 2.40. The Bertz CT molecular complexity index is 2020. The predicted octanol–water partition coefficient (Wildman–Crippen LogP) is 3.48. The highest BCUT2D eigenvalue weighted by molar-refractivity contribution is 6.35. The zero-order chi connectivity index (χ0) is 35.7. The minimum Gasteiger partial charge on any atom is -0.489 e. The molecule has 0 spiro atoms. The number of hydrogen-bond donors (Lipinski definition) is 1. The predicted molar refractivity (Wildman–Crippen MR) is 185 cm³/mol. The van der Waals surface area contributed by atoms with Crippen LogP contribution < -0.4 is 20.2 Å². The quantitative estimate of drug-likeness (QED) is 0.211. The van der Waals surface area contributed by atoms with Gasteiger partial charge >= 0.3 is 5.69 Å². The molecule has 1 N–H and O–H groups in total. The van der Waals surface area contributed by atoms with Crippen LogP contribution in [0.25, 0.3) is 5.69 Å². The van der Waals surface area contributed by atoms with E-state index in [1.165, 1.54) is 32.7 Å². The van der Waals surface area contributed by atoms with Crippen LogP contribution in [0.1, 0.15) is 25.5 Å². The molecule has 3 aromatic heterocycles. The molecular formula is C33H35Cl2FN10O5. The lowest BCUT2D eigenvalue weighted by molar-refractivity contribution is -0.190. The van der Waals surface area contributed by atoms with E-state index in [1.807, 2.05) is 17.0 Å². The molecule has 2 aromatic carbocycles. The van der Waals surface area contributed by atoms with E-state index in [-0.39, 0.29) is 19.8 Å². The van der Waals surface area contributed by atoms with E-state index in [0.29, 0.717) is 58.9 Å². The largest absolute Gasteiger partial charge is 0.489 e. The molecule has 0 radical (unpaired) electrons. The standard InChI is InChI=1S/C33H35Cl2FN10O5/c1-21(22(2)47)46-32(48)45(20-39-46)24-4-7-30(29(36)14-24)42-9-11-43(12-10-42)31-8-5-25(15-37-31)49-16-26-17-50-33(51-26,18-44-19-38-40-41-44)27-6-3-23(34)13-28(27)35/h3-8,13-15,19-22,26,47H,9-12,16-18H2,1-2H3/t21?,22?,26-,33-/m1/s1. The van der Waals surface area contributed by atoms with Gasteiger partial charge in [-0.1, -0.05) is 29.3 Å². The van der Waals surface area contributed by atoms with Gasteiger partial charge in [-0.25, -0.2) is 28.1 Å². The third-order valence-electron chi connectivity index (χ3n) is 9.05. The van der Waals surface area contributed by atoms with Gasteiger partial charge in [0.1, 0.15) is 49.3 Å². The second kappa shape index (κ2) is 14.6. The smallest absolute Gasteiger partial charge is 0.350 e. The molecule has 2 fully saturated rings. The number of pyridine rings is 1. The fraction of sp³-hybridized carbons (Fsp3) is 0.394. The van der Waals surface area contributed by atoms with Crippen LogP contribution in [0, 0.1) is 5.82 Å². The molecule has 268 valence electrons. The zero-order valence-electron chi connectivity index (χ0n) is 27.7. The number of aromatic nitrogens is 8. The summed E-state index contributed by atoms with van der Waals surface area (Å²) in [6.45, 7) is 6.28. The van der Waals surface area contributed by atoms with Gasteiger partial charge in [-0.05, 0) is 60.7 Å². The molecule has 0 saturated carbocycles. The Morgan fingerprint density at radius 3 is 2.55 bits per heavy atom. The first kappa shape index (κ1) is 34.8. The van der Waals surface area contributed by atoms with Gasteiger partial charge in [0.15, 0.2) is 0 Å². The van der Waals surface area contributed by atoms with Crippen LogP contribution in [-0.2, 0) is 21.8 Å². The molecule has 15 nitrogen and oxygen atoms in total. The molecule has 7 rings (SSSR count). The molecule has 0 aliphatic carbocycles. The van der Waals surface area contributed by atoms with Crippen molar-refractivity contribution in [1.82, 2.24) is 39.5 Å². The van der Waals surface area contributed by atoms with Crippen molar-refractivity contribution >= 4 is 34.7 Å². The van der Waals surface area contributed by atoms with E-state index < -0.39 is 35.5 Å². The lowest BCUT2D eigenvalue weighted by Gasteiger charge is -2.36. The molecular weight excluding hydrogens is 706 g/mol. The van der Waals surface area contributed by atoms with Gasteiger partial charge in [-0.15, -0.1) is 5.10 Å². The minimum atomic E-state index is -1.25. The Labute approximate surface area is 301 Å². The summed E-state index contributed by atoms with van der Waals surface area (Å²) >= 11 is 12.7. The van der Waals surface area contributed by atoms with Crippen molar-refractivity contribution in [3.05, 3.63) is 99.3 Å². The van der Waals surface area contributed by atoms with Crippen LogP contribution in [0.2, 0.25) is 10.0 Å². The Balaban J connectivity index is 0.938. The van der Waals surface area contributed by atoms with E-state index in [9.17, 15) is 9.90 Å². The minimum absolute atomic E-state index is 0.165. The summed E-state index contributed by atoms with van der Waals surface area (Å²) < 4.78 is 37.9. The first-order chi connectivity index (χ1) is 24.6. The lowest BCUT2D eigenvalue weighted by atomic mass is 10.1. The third kappa shape index (κ3) is 7.27. The average Bonchev–Trinajstić information content (AvgIpc) is 3.88. The molecule has 5 heterocycles. The van der Waals surface area contributed by atoms with E-state index in [2.05, 4.69) is 30.5 Å². The summed E-state index contributed by atoms with van der Waals surface area (Å²) in [7, 11) is 0. The molecule has 0 bridgehead atoms. The van der Waals surface area contributed by atoms with Gasteiger partial charge in [0.05, 0.1) is 41.3 Å². The van der Waals surface area contributed by atoms with Crippen LogP contribution in [-0.4, -0.2) is 96.2 Å². The maximum absolute atomic E-state index is 15.3. The number of ether oxygens (including phenoxy) is 3. The Hall–Kier alpha value is -4.61. The van der Waals surface area contributed by atoms with E-state index in [1.54, 1.807) is 50.4 Å². The number of aliphatic hydroxyl groups is 1. The van der Waals surface area contributed by atoms with Crippen molar-refractivity contribution < 1.29 is 23.7 Å². The van der Waals surface area contributed by atoms with Gasteiger partial charge < -0.3 is 29.1 Å². The number of benzene rings is 2. The van der Waals surface area contributed by atoms with Gasteiger partial charge in [-0.3, -0.25) is 0 Å². The molecule has 0 amide bonds. The second-order valence-electron chi connectivity index (χ2n) is 12.4. The van der Waals surface area contributed by atoms with Gasteiger partial charge in [0, 0.05) is 42.8 Å². The summed E-state index contributed by atoms with van der Waals surface area (Å²) in [4.78, 5) is 21.5. The van der Waals surface area contributed by atoms with Crippen molar-refractivity contribution in [2.75, 3.05) is 49.2 Å². The first-order valence-electron chi connectivity index (χ1n) is 16.3. The summed E-state index contributed by atoms with van der Waals surface area (Å²) in [5, 5.41) is 26.2.